The van der Waals surface area contributed by atoms with Crippen LogP contribution >= 0.6 is 11.3 Å². The lowest BCUT2D eigenvalue weighted by Gasteiger charge is -2.06. The number of aryl methyl sites for hydroxylation is 1. The van der Waals surface area contributed by atoms with E-state index in [0.717, 1.165) is 27.6 Å². The summed E-state index contributed by atoms with van der Waals surface area (Å²) in [6, 6.07) is 11.2. The van der Waals surface area contributed by atoms with Gasteiger partial charge < -0.3 is 14.5 Å². The Balaban J connectivity index is 1.32. The van der Waals surface area contributed by atoms with Gasteiger partial charge in [0.15, 0.2) is 0 Å². The van der Waals surface area contributed by atoms with Crippen LogP contribution in [0.15, 0.2) is 54.2 Å². The highest BCUT2D eigenvalue weighted by atomic mass is 32.1. The first-order valence-electron chi connectivity index (χ1n) is 9.88. The van der Waals surface area contributed by atoms with Crippen LogP contribution in [0.5, 0.6) is 5.75 Å². The summed E-state index contributed by atoms with van der Waals surface area (Å²) >= 11 is 1.63. The molecule has 0 unspecified atom stereocenters. The molecule has 1 amide bonds. The zero-order valence-electron chi connectivity index (χ0n) is 17.3. The van der Waals surface area contributed by atoms with E-state index < -0.39 is 0 Å². The Bertz CT molecular complexity index is 1160. The first-order valence-corrected chi connectivity index (χ1v) is 10.8. The van der Waals surface area contributed by atoms with Crippen molar-refractivity contribution < 1.29 is 9.53 Å². The molecular weight excluding hydrogens is 396 g/mol. The summed E-state index contributed by atoms with van der Waals surface area (Å²) in [6.45, 7) is 7.05. The molecule has 7 heteroatoms. The zero-order chi connectivity index (χ0) is 21.1. The number of fused-ring (bicyclic) bond motifs is 1. The third-order valence-electron chi connectivity index (χ3n) is 4.72. The number of thiazole rings is 1. The summed E-state index contributed by atoms with van der Waals surface area (Å²) in [7, 11) is 0. The van der Waals surface area contributed by atoms with Crippen LogP contribution < -0.4 is 10.1 Å². The molecule has 4 rings (SSSR count). The highest BCUT2D eigenvalue weighted by molar-refractivity contribution is 7.09. The molecule has 0 bridgehead atoms. The van der Waals surface area contributed by atoms with E-state index in [1.54, 1.807) is 35.6 Å². The third-order valence-corrected chi connectivity index (χ3v) is 5.92. The second-order valence-corrected chi connectivity index (χ2v) is 8.37. The SMILES string of the molecule is Cc1cccn2cc(COc3ccc(C(=O)NCc4csc(C(C)C)n4)cc3)nc12. The van der Waals surface area contributed by atoms with E-state index >= 15 is 0 Å². The van der Waals surface area contributed by atoms with Gasteiger partial charge in [-0.15, -0.1) is 11.3 Å². The number of amides is 1. The number of ether oxygens (including phenoxy) is 1. The molecule has 0 radical (unpaired) electrons. The average Bonchev–Trinajstić information content (AvgIpc) is 3.39. The van der Waals surface area contributed by atoms with Crippen LogP contribution in [-0.4, -0.2) is 20.3 Å². The van der Waals surface area contributed by atoms with Crippen molar-refractivity contribution in [1.29, 1.82) is 0 Å². The molecule has 1 N–H and O–H groups in total. The third kappa shape index (κ3) is 4.52. The van der Waals surface area contributed by atoms with Gasteiger partial charge in [-0.25, -0.2) is 9.97 Å². The van der Waals surface area contributed by atoms with Crippen LogP contribution in [0.2, 0.25) is 0 Å². The molecular formula is C23H24N4O2S. The van der Waals surface area contributed by atoms with Crippen molar-refractivity contribution in [1.82, 2.24) is 19.7 Å². The van der Waals surface area contributed by atoms with Crippen molar-refractivity contribution in [3.05, 3.63) is 81.7 Å². The van der Waals surface area contributed by atoms with E-state index in [0.29, 0.717) is 30.4 Å². The number of carbonyl (C=O) groups is 1. The van der Waals surface area contributed by atoms with Crippen molar-refractivity contribution >= 4 is 22.9 Å². The van der Waals surface area contributed by atoms with E-state index in [1.165, 1.54) is 0 Å². The number of carbonyl (C=O) groups excluding carboxylic acids is 1. The number of hydrogen-bond donors (Lipinski definition) is 1. The Morgan fingerprint density at radius 2 is 1.97 bits per heavy atom. The molecule has 0 aliphatic rings. The fourth-order valence-electron chi connectivity index (χ4n) is 3.08. The summed E-state index contributed by atoms with van der Waals surface area (Å²) in [6.07, 6.45) is 3.94. The molecule has 0 aliphatic heterocycles. The molecule has 0 atom stereocenters. The minimum Gasteiger partial charge on any atom is -0.487 e. The summed E-state index contributed by atoms with van der Waals surface area (Å²) in [4.78, 5) is 21.5. The summed E-state index contributed by atoms with van der Waals surface area (Å²) in [5, 5.41) is 5.99. The van der Waals surface area contributed by atoms with Crippen molar-refractivity contribution in [2.45, 2.75) is 39.8 Å². The minimum absolute atomic E-state index is 0.128. The van der Waals surface area contributed by atoms with E-state index in [2.05, 4.69) is 29.1 Å². The largest absolute Gasteiger partial charge is 0.487 e. The smallest absolute Gasteiger partial charge is 0.251 e. The number of nitrogens with zero attached hydrogens (tertiary/aromatic N) is 3. The van der Waals surface area contributed by atoms with Gasteiger partial charge in [-0.05, 0) is 42.8 Å². The maximum Gasteiger partial charge on any atom is 0.251 e. The van der Waals surface area contributed by atoms with Crippen molar-refractivity contribution in [2.24, 2.45) is 0 Å². The normalized spacial score (nSPS) is 11.2. The lowest BCUT2D eigenvalue weighted by Crippen LogP contribution is -2.22. The van der Waals surface area contributed by atoms with Crippen LogP contribution in [0.25, 0.3) is 5.65 Å². The van der Waals surface area contributed by atoms with Gasteiger partial charge in [-0.2, -0.15) is 0 Å². The number of imidazole rings is 1. The standard InChI is InChI=1S/C23H24N4O2S/c1-15(2)23-26-18(14-30-23)11-24-22(28)17-6-8-20(9-7-17)29-13-19-12-27-10-4-5-16(3)21(27)25-19/h4-10,12,14-15H,11,13H2,1-3H3,(H,24,28). The van der Waals surface area contributed by atoms with Gasteiger partial charge in [0, 0.05) is 29.3 Å². The van der Waals surface area contributed by atoms with Crippen molar-refractivity contribution in [3.8, 4) is 5.75 Å². The fraction of sp³-hybridized carbons (Fsp3) is 0.261. The number of rotatable bonds is 7. The number of pyridine rings is 1. The first-order chi connectivity index (χ1) is 14.5. The molecule has 4 aromatic rings. The Kier molecular flexibility index (Phi) is 5.81. The number of hydrogen-bond acceptors (Lipinski definition) is 5. The van der Waals surface area contributed by atoms with Gasteiger partial charge in [-0.3, -0.25) is 4.79 Å². The van der Waals surface area contributed by atoms with Crippen LogP contribution in [0.1, 0.15) is 52.1 Å². The van der Waals surface area contributed by atoms with Crippen LogP contribution in [0, 0.1) is 6.92 Å². The van der Waals surface area contributed by atoms with E-state index in [1.807, 2.05) is 41.2 Å². The average molecular weight is 421 g/mol. The van der Waals surface area contributed by atoms with Gasteiger partial charge in [-0.1, -0.05) is 19.9 Å². The zero-order valence-corrected chi connectivity index (χ0v) is 18.1. The minimum atomic E-state index is -0.128. The lowest BCUT2D eigenvalue weighted by molar-refractivity contribution is 0.0950. The van der Waals surface area contributed by atoms with Gasteiger partial charge in [0.1, 0.15) is 18.0 Å². The molecule has 0 saturated heterocycles. The van der Waals surface area contributed by atoms with Gasteiger partial charge >= 0.3 is 0 Å². The topological polar surface area (TPSA) is 68.5 Å². The summed E-state index contributed by atoms with van der Waals surface area (Å²) in [5.74, 6) is 0.967. The highest BCUT2D eigenvalue weighted by Gasteiger charge is 2.10. The monoisotopic (exact) mass is 420 g/mol. The quantitative estimate of drug-likeness (QED) is 0.469. The van der Waals surface area contributed by atoms with Crippen molar-refractivity contribution in [3.63, 3.8) is 0 Å². The molecule has 3 heterocycles. The highest BCUT2D eigenvalue weighted by Crippen LogP contribution is 2.19. The van der Waals surface area contributed by atoms with Crippen LogP contribution in [-0.2, 0) is 13.2 Å². The molecule has 6 nitrogen and oxygen atoms in total. The van der Waals surface area contributed by atoms with Crippen LogP contribution in [0.4, 0.5) is 0 Å². The van der Waals surface area contributed by atoms with Gasteiger partial charge in [0.25, 0.3) is 5.91 Å². The fourth-order valence-corrected chi connectivity index (χ4v) is 3.91. The molecule has 154 valence electrons. The second-order valence-electron chi connectivity index (χ2n) is 7.48. The Labute approximate surface area is 179 Å². The molecule has 30 heavy (non-hydrogen) atoms. The maximum atomic E-state index is 12.4. The van der Waals surface area contributed by atoms with Gasteiger partial charge in [0.2, 0.25) is 0 Å². The molecule has 0 fully saturated rings. The Morgan fingerprint density at radius 3 is 2.67 bits per heavy atom. The summed E-state index contributed by atoms with van der Waals surface area (Å²) < 4.78 is 7.83. The molecule has 0 aliphatic carbocycles. The maximum absolute atomic E-state index is 12.4. The van der Waals surface area contributed by atoms with Crippen molar-refractivity contribution in [2.75, 3.05) is 0 Å². The predicted molar refractivity (Wildman–Crippen MR) is 118 cm³/mol. The number of aromatic nitrogens is 3. The Hall–Kier alpha value is -3.19. The van der Waals surface area contributed by atoms with E-state index in [9.17, 15) is 4.79 Å². The van der Waals surface area contributed by atoms with E-state index in [-0.39, 0.29) is 5.91 Å². The molecule has 3 aromatic heterocycles. The molecule has 0 spiro atoms. The van der Waals surface area contributed by atoms with Gasteiger partial charge in [0.05, 0.1) is 22.9 Å². The lowest BCUT2D eigenvalue weighted by atomic mass is 10.2. The second kappa shape index (κ2) is 8.67. The number of benzene rings is 1. The Morgan fingerprint density at radius 1 is 1.17 bits per heavy atom. The molecule has 0 saturated carbocycles. The van der Waals surface area contributed by atoms with Crippen LogP contribution in [0.3, 0.4) is 0 Å². The molecule has 1 aromatic carbocycles. The number of nitrogens with one attached hydrogen (secondary N) is 1. The van der Waals surface area contributed by atoms with E-state index in [4.69, 9.17) is 4.74 Å². The predicted octanol–water partition coefficient (Wildman–Crippen LogP) is 4.73. The summed E-state index contributed by atoms with van der Waals surface area (Å²) in [5.41, 5.74) is 4.39. The first kappa shape index (κ1) is 20.1.